The zero-order valence-electron chi connectivity index (χ0n) is 9.93. The monoisotopic (exact) mass is 235 g/mol. The molecule has 92 valence electrons. The molecular weight excluding hydrogens is 218 g/mol. The SMILES string of the molecule is CCC1CN(C(=O)c2cccnc2N)CCO1. The summed E-state index contributed by atoms with van der Waals surface area (Å²) in [6.45, 7) is 3.88. The van der Waals surface area contributed by atoms with E-state index in [2.05, 4.69) is 11.9 Å². The molecule has 1 aliphatic rings. The molecule has 0 saturated carbocycles. The molecule has 1 amide bonds. The molecule has 0 bridgehead atoms. The molecule has 5 nitrogen and oxygen atoms in total. The molecule has 0 spiro atoms. The molecule has 1 fully saturated rings. The van der Waals surface area contributed by atoms with Gasteiger partial charge in [-0.2, -0.15) is 0 Å². The molecule has 1 aliphatic heterocycles. The fourth-order valence-corrected chi connectivity index (χ4v) is 1.92. The summed E-state index contributed by atoms with van der Waals surface area (Å²) in [5.41, 5.74) is 6.18. The number of aromatic nitrogens is 1. The number of hydrogen-bond acceptors (Lipinski definition) is 4. The fourth-order valence-electron chi connectivity index (χ4n) is 1.92. The number of amides is 1. The maximum Gasteiger partial charge on any atom is 0.257 e. The van der Waals surface area contributed by atoms with Crippen LogP contribution in [0.4, 0.5) is 5.82 Å². The highest BCUT2D eigenvalue weighted by molar-refractivity contribution is 5.98. The van der Waals surface area contributed by atoms with Gasteiger partial charge in [0.15, 0.2) is 0 Å². The van der Waals surface area contributed by atoms with E-state index in [-0.39, 0.29) is 17.8 Å². The number of anilines is 1. The normalized spacial score (nSPS) is 20.3. The molecule has 0 aliphatic carbocycles. The maximum absolute atomic E-state index is 12.2. The smallest absolute Gasteiger partial charge is 0.257 e. The van der Waals surface area contributed by atoms with Gasteiger partial charge in [0.25, 0.3) is 5.91 Å². The zero-order valence-corrected chi connectivity index (χ0v) is 9.93. The zero-order chi connectivity index (χ0) is 12.3. The Morgan fingerprint density at radius 2 is 2.53 bits per heavy atom. The first kappa shape index (κ1) is 11.9. The molecule has 17 heavy (non-hydrogen) atoms. The van der Waals surface area contributed by atoms with Crippen molar-refractivity contribution in [3.8, 4) is 0 Å². The third kappa shape index (κ3) is 2.55. The van der Waals surface area contributed by atoms with Gasteiger partial charge in [-0.1, -0.05) is 6.92 Å². The van der Waals surface area contributed by atoms with Crippen LogP contribution in [-0.2, 0) is 4.74 Å². The summed E-state index contributed by atoms with van der Waals surface area (Å²) in [7, 11) is 0. The number of nitrogen functional groups attached to an aromatic ring is 1. The van der Waals surface area contributed by atoms with Crippen LogP contribution in [0.1, 0.15) is 23.7 Å². The average Bonchev–Trinajstić information content (AvgIpc) is 2.38. The van der Waals surface area contributed by atoms with Gasteiger partial charge in [0.2, 0.25) is 0 Å². The number of ether oxygens (including phenoxy) is 1. The lowest BCUT2D eigenvalue weighted by Crippen LogP contribution is -2.45. The van der Waals surface area contributed by atoms with E-state index in [0.29, 0.717) is 25.3 Å². The van der Waals surface area contributed by atoms with Gasteiger partial charge in [-0.3, -0.25) is 4.79 Å². The van der Waals surface area contributed by atoms with E-state index < -0.39 is 0 Å². The molecule has 2 heterocycles. The summed E-state index contributed by atoms with van der Waals surface area (Å²) >= 11 is 0. The molecule has 0 radical (unpaired) electrons. The lowest BCUT2D eigenvalue weighted by atomic mass is 10.1. The van der Waals surface area contributed by atoms with Gasteiger partial charge in [-0.25, -0.2) is 4.98 Å². The van der Waals surface area contributed by atoms with Crippen molar-refractivity contribution in [3.63, 3.8) is 0 Å². The van der Waals surface area contributed by atoms with Crippen molar-refractivity contribution >= 4 is 11.7 Å². The predicted molar refractivity (Wildman–Crippen MR) is 64.6 cm³/mol. The van der Waals surface area contributed by atoms with E-state index in [4.69, 9.17) is 10.5 Å². The molecule has 1 atom stereocenters. The van der Waals surface area contributed by atoms with Crippen LogP contribution in [0.15, 0.2) is 18.3 Å². The van der Waals surface area contributed by atoms with Crippen molar-refractivity contribution in [2.24, 2.45) is 0 Å². The van der Waals surface area contributed by atoms with Gasteiger partial charge in [-0.05, 0) is 18.6 Å². The summed E-state index contributed by atoms with van der Waals surface area (Å²) < 4.78 is 5.53. The van der Waals surface area contributed by atoms with E-state index in [1.54, 1.807) is 23.2 Å². The molecule has 1 aromatic rings. The lowest BCUT2D eigenvalue weighted by molar-refractivity contribution is -0.0226. The highest BCUT2D eigenvalue weighted by Gasteiger charge is 2.25. The lowest BCUT2D eigenvalue weighted by Gasteiger charge is -2.32. The van der Waals surface area contributed by atoms with Gasteiger partial charge in [-0.15, -0.1) is 0 Å². The minimum absolute atomic E-state index is 0.0580. The standard InChI is InChI=1S/C12H17N3O2/c1-2-9-8-15(6-7-17-9)12(16)10-4-3-5-14-11(10)13/h3-5,9H,2,6-8H2,1H3,(H2,13,14). The average molecular weight is 235 g/mol. The van der Waals surface area contributed by atoms with Gasteiger partial charge in [0, 0.05) is 19.3 Å². The maximum atomic E-state index is 12.2. The number of nitrogens with two attached hydrogens (primary N) is 1. The van der Waals surface area contributed by atoms with Crippen molar-refractivity contribution in [2.45, 2.75) is 19.4 Å². The molecule has 2 N–H and O–H groups in total. The second kappa shape index (κ2) is 5.14. The van der Waals surface area contributed by atoms with Crippen LogP contribution in [0, 0.1) is 0 Å². The molecule has 1 saturated heterocycles. The first-order valence-corrected chi connectivity index (χ1v) is 5.83. The van der Waals surface area contributed by atoms with Crippen molar-refractivity contribution in [3.05, 3.63) is 23.9 Å². The Labute approximate surface area is 101 Å². The molecular formula is C12H17N3O2. The Kier molecular flexibility index (Phi) is 3.58. The Morgan fingerprint density at radius 3 is 3.24 bits per heavy atom. The van der Waals surface area contributed by atoms with Crippen LogP contribution >= 0.6 is 0 Å². The van der Waals surface area contributed by atoms with Gasteiger partial charge >= 0.3 is 0 Å². The second-order valence-electron chi connectivity index (χ2n) is 4.09. The van der Waals surface area contributed by atoms with Crippen molar-refractivity contribution in [1.82, 2.24) is 9.88 Å². The van der Waals surface area contributed by atoms with E-state index in [9.17, 15) is 4.79 Å². The first-order valence-electron chi connectivity index (χ1n) is 5.83. The number of pyridine rings is 1. The highest BCUT2D eigenvalue weighted by Crippen LogP contribution is 2.15. The van der Waals surface area contributed by atoms with Gasteiger partial charge in [0.05, 0.1) is 18.3 Å². The molecule has 1 unspecified atom stereocenters. The Morgan fingerprint density at radius 1 is 1.71 bits per heavy atom. The van der Waals surface area contributed by atoms with Crippen molar-refractivity contribution in [1.29, 1.82) is 0 Å². The number of hydrogen-bond donors (Lipinski definition) is 1. The third-order valence-electron chi connectivity index (χ3n) is 2.95. The number of nitrogens with zero attached hydrogens (tertiary/aromatic N) is 2. The number of carbonyl (C=O) groups excluding carboxylic acids is 1. The minimum atomic E-state index is -0.0580. The Balaban J connectivity index is 2.12. The van der Waals surface area contributed by atoms with Crippen LogP contribution in [0.3, 0.4) is 0 Å². The number of rotatable bonds is 2. The van der Waals surface area contributed by atoms with E-state index in [1.807, 2.05) is 0 Å². The minimum Gasteiger partial charge on any atom is -0.383 e. The predicted octanol–water partition coefficient (Wildman–Crippen LogP) is 0.915. The number of carbonyl (C=O) groups is 1. The second-order valence-corrected chi connectivity index (χ2v) is 4.09. The van der Waals surface area contributed by atoms with E-state index in [1.165, 1.54) is 0 Å². The summed E-state index contributed by atoms with van der Waals surface area (Å²) in [6, 6.07) is 3.43. The highest BCUT2D eigenvalue weighted by atomic mass is 16.5. The summed E-state index contributed by atoms with van der Waals surface area (Å²) in [4.78, 5) is 17.9. The molecule has 2 rings (SSSR count). The summed E-state index contributed by atoms with van der Waals surface area (Å²) in [5.74, 6) is 0.231. The molecule has 5 heteroatoms. The van der Waals surface area contributed by atoms with E-state index >= 15 is 0 Å². The largest absolute Gasteiger partial charge is 0.383 e. The summed E-state index contributed by atoms with van der Waals surface area (Å²) in [6.07, 6.45) is 2.62. The molecule has 0 aromatic carbocycles. The fraction of sp³-hybridized carbons (Fsp3) is 0.500. The first-order chi connectivity index (χ1) is 8.22. The van der Waals surface area contributed by atoms with Crippen LogP contribution in [0.5, 0.6) is 0 Å². The van der Waals surface area contributed by atoms with Crippen LogP contribution < -0.4 is 5.73 Å². The van der Waals surface area contributed by atoms with Crippen LogP contribution in [0.25, 0.3) is 0 Å². The van der Waals surface area contributed by atoms with Gasteiger partial charge < -0.3 is 15.4 Å². The topological polar surface area (TPSA) is 68.5 Å². The van der Waals surface area contributed by atoms with Crippen LogP contribution in [-0.4, -0.2) is 41.6 Å². The van der Waals surface area contributed by atoms with Crippen molar-refractivity contribution < 1.29 is 9.53 Å². The quantitative estimate of drug-likeness (QED) is 0.827. The molecule has 1 aromatic heterocycles. The summed E-state index contributed by atoms with van der Waals surface area (Å²) in [5, 5.41) is 0. The van der Waals surface area contributed by atoms with E-state index in [0.717, 1.165) is 6.42 Å². The van der Waals surface area contributed by atoms with Crippen LogP contribution in [0.2, 0.25) is 0 Å². The number of morpholine rings is 1. The van der Waals surface area contributed by atoms with Gasteiger partial charge in [0.1, 0.15) is 5.82 Å². The Bertz CT molecular complexity index is 408. The van der Waals surface area contributed by atoms with Crippen molar-refractivity contribution in [2.75, 3.05) is 25.4 Å². The third-order valence-corrected chi connectivity index (χ3v) is 2.95. The Hall–Kier alpha value is -1.62.